The number of hydrogen-bond donors (Lipinski definition) is 2. The van der Waals surface area contributed by atoms with Gasteiger partial charge in [0.1, 0.15) is 11.6 Å². The Balaban J connectivity index is 2.23. The Hall–Kier alpha value is -2.17. The minimum atomic E-state index is 0.256. The van der Waals surface area contributed by atoms with Crippen LogP contribution in [-0.4, -0.2) is 16.9 Å². The summed E-state index contributed by atoms with van der Waals surface area (Å²) in [5, 5.41) is 7.83. The van der Waals surface area contributed by atoms with Gasteiger partial charge in [-0.1, -0.05) is 18.2 Å². The van der Waals surface area contributed by atoms with E-state index in [1.165, 1.54) is 0 Å². The first-order valence-corrected chi connectivity index (χ1v) is 6.75. The van der Waals surface area contributed by atoms with Crippen molar-refractivity contribution in [3.63, 3.8) is 0 Å². The van der Waals surface area contributed by atoms with Crippen molar-refractivity contribution < 1.29 is 4.74 Å². The second kappa shape index (κ2) is 5.86. The van der Waals surface area contributed by atoms with Crippen molar-refractivity contribution in [2.75, 3.05) is 18.2 Å². The number of ether oxygens (including phenoxy) is 1. The van der Waals surface area contributed by atoms with Crippen LogP contribution in [0.4, 0.5) is 11.5 Å². The lowest BCUT2D eigenvalue weighted by molar-refractivity contribution is 0.410. The summed E-state index contributed by atoms with van der Waals surface area (Å²) >= 11 is 0. The molecule has 2 rings (SSSR count). The predicted octanol–water partition coefficient (Wildman–Crippen LogP) is 2.98. The maximum Gasteiger partial charge on any atom is 0.148 e. The maximum atomic E-state index is 6.10. The van der Waals surface area contributed by atoms with Crippen molar-refractivity contribution in [2.24, 2.45) is 0 Å². The first kappa shape index (κ1) is 14.2. The maximum absolute atomic E-state index is 6.10. The van der Waals surface area contributed by atoms with Crippen molar-refractivity contribution in [2.45, 2.75) is 33.4 Å². The van der Waals surface area contributed by atoms with E-state index in [0.29, 0.717) is 12.2 Å². The molecule has 0 atom stereocenters. The standard InChI is InChI=1S/C15H22N4O/c1-10(2)19-15(14(16)11(3)18-19)17-9-12-7-5-6-8-13(12)20-4/h5-8,10,17H,9,16H2,1-4H3. The van der Waals surface area contributed by atoms with E-state index >= 15 is 0 Å². The van der Waals surface area contributed by atoms with E-state index in [1.54, 1.807) is 7.11 Å². The predicted molar refractivity (Wildman–Crippen MR) is 82.1 cm³/mol. The Morgan fingerprint density at radius 1 is 1.35 bits per heavy atom. The number of nitrogen functional groups attached to an aromatic ring is 1. The monoisotopic (exact) mass is 274 g/mol. The van der Waals surface area contributed by atoms with Crippen LogP contribution in [0.25, 0.3) is 0 Å². The largest absolute Gasteiger partial charge is 0.496 e. The van der Waals surface area contributed by atoms with Crippen LogP contribution in [0.3, 0.4) is 0 Å². The van der Waals surface area contributed by atoms with E-state index in [0.717, 1.165) is 22.8 Å². The van der Waals surface area contributed by atoms with E-state index in [4.69, 9.17) is 10.5 Å². The number of nitrogens with two attached hydrogens (primary N) is 1. The van der Waals surface area contributed by atoms with Gasteiger partial charge in [-0.05, 0) is 26.8 Å². The van der Waals surface area contributed by atoms with Gasteiger partial charge < -0.3 is 15.8 Å². The summed E-state index contributed by atoms with van der Waals surface area (Å²) < 4.78 is 7.27. The fourth-order valence-corrected chi connectivity index (χ4v) is 2.14. The SMILES string of the molecule is COc1ccccc1CNc1c(N)c(C)nn1C(C)C. The number of aromatic nitrogens is 2. The summed E-state index contributed by atoms with van der Waals surface area (Å²) in [6, 6.07) is 8.19. The van der Waals surface area contributed by atoms with Crippen molar-refractivity contribution >= 4 is 11.5 Å². The summed E-state index contributed by atoms with van der Waals surface area (Å²) in [4.78, 5) is 0. The number of benzene rings is 1. The molecule has 0 bridgehead atoms. The van der Waals surface area contributed by atoms with Gasteiger partial charge in [-0.3, -0.25) is 0 Å². The molecule has 5 heteroatoms. The van der Waals surface area contributed by atoms with Crippen LogP contribution in [0.1, 0.15) is 31.1 Å². The van der Waals surface area contributed by atoms with Crippen LogP contribution in [-0.2, 0) is 6.54 Å². The van der Waals surface area contributed by atoms with Gasteiger partial charge in [0.15, 0.2) is 0 Å². The Morgan fingerprint density at radius 3 is 2.70 bits per heavy atom. The van der Waals surface area contributed by atoms with E-state index in [2.05, 4.69) is 24.3 Å². The molecule has 0 aliphatic carbocycles. The summed E-state index contributed by atoms with van der Waals surface area (Å²) in [5.74, 6) is 1.73. The molecule has 0 radical (unpaired) electrons. The highest BCUT2D eigenvalue weighted by atomic mass is 16.5. The highest BCUT2D eigenvalue weighted by Crippen LogP contribution is 2.27. The van der Waals surface area contributed by atoms with E-state index in [1.807, 2.05) is 35.9 Å². The molecule has 20 heavy (non-hydrogen) atoms. The quantitative estimate of drug-likeness (QED) is 0.879. The first-order valence-electron chi connectivity index (χ1n) is 6.75. The van der Waals surface area contributed by atoms with Crippen LogP contribution in [0.15, 0.2) is 24.3 Å². The molecule has 5 nitrogen and oxygen atoms in total. The number of nitrogens with one attached hydrogen (secondary N) is 1. The van der Waals surface area contributed by atoms with Crippen molar-refractivity contribution in [1.82, 2.24) is 9.78 Å². The van der Waals surface area contributed by atoms with Gasteiger partial charge in [-0.15, -0.1) is 0 Å². The molecule has 0 aliphatic heterocycles. The van der Waals surface area contributed by atoms with Gasteiger partial charge in [0, 0.05) is 18.2 Å². The second-order valence-corrected chi connectivity index (χ2v) is 5.05. The Morgan fingerprint density at radius 2 is 2.05 bits per heavy atom. The van der Waals surface area contributed by atoms with Gasteiger partial charge in [-0.25, -0.2) is 4.68 Å². The van der Waals surface area contributed by atoms with Crippen LogP contribution >= 0.6 is 0 Å². The zero-order valence-electron chi connectivity index (χ0n) is 12.5. The third-order valence-corrected chi connectivity index (χ3v) is 3.26. The molecule has 0 saturated heterocycles. The lowest BCUT2D eigenvalue weighted by atomic mass is 10.2. The summed E-state index contributed by atoms with van der Waals surface area (Å²) in [7, 11) is 1.68. The molecule has 1 heterocycles. The van der Waals surface area contributed by atoms with Gasteiger partial charge in [0.05, 0.1) is 18.5 Å². The molecule has 0 fully saturated rings. The van der Waals surface area contributed by atoms with Gasteiger partial charge in [0.25, 0.3) is 0 Å². The lowest BCUT2D eigenvalue weighted by Crippen LogP contribution is -2.11. The van der Waals surface area contributed by atoms with Gasteiger partial charge >= 0.3 is 0 Å². The molecule has 1 aromatic carbocycles. The number of hydrogen-bond acceptors (Lipinski definition) is 4. The molecule has 0 unspecified atom stereocenters. The Bertz CT molecular complexity index is 590. The number of nitrogens with zero attached hydrogens (tertiary/aromatic N) is 2. The average molecular weight is 274 g/mol. The number of anilines is 2. The number of aryl methyl sites for hydroxylation is 1. The molecule has 0 amide bonds. The average Bonchev–Trinajstić information content (AvgIpc) is 2.73. The van der Waals surface area contributed by atoms with Crippen LogP contribution in [0.5, 0.6) is 5.75 Å². The molecular weight excluding hydrogens is 252 g/mol. The van der Waals surface area contributed by atoms with Crippen LogP contribution < -0.4 is 15.8 Å². The molecule has 1 aromatic heterocycles. The minimum absolute atomic E-state index is 0.256. The smallest absolute Gasteiger partial charge is 0.148 e. The molecule has 0 aliphatic rings. The summed E-state index contributed by atoms with van der Waals surface area (Å²) in [6.07, 6.45) is 0. The molecule has 3 N–H and O–H groups in total. The summed E-state index contributed by atoms with van der Waals surface area (Å²) in [5.41, 5.74) is 8.74. The topological polar surface area (TPSA) is 65.1 Å². The van der Waals surface area contributed by atoms with Crippen LogP contribution in [0, 0.1) is 6.92 Å². The Kier molecular flexibility index (Phi) is 4.17. The molecule has 0 saturated carbocycles. The van der Waals surface area contributed by atoms with Crippen molar-refractivity contribution in [1.29, 1.82) is 0 Å². The molecule has 2 aromatic rings. The minimum Gasteiger partial charge on any atom is -0.496 e. The highest BCUT2D eigenvalue weighted by Gasteiger charge is 2.14. The summed E-state index contributed by atoms with van der Waals surface area (Å²) in [6.45, 7) is 6.73. The zero-order valence-corrected chi connectivity index (χ0v) is 12.5. The second-order valence-electron chi connectivity index (χ2n) is 5.05. The molecule has 0 spiro atoms. The number of para-hydroxylation sites is 1. The van der Waals surface area contributed by atoms with E-state index < -0.39 is 0 Å². The Labute approximate surface area is 119 Å². The normalized spacial score (nSPS) is 10.8. The number of methoxy groups -OCH3 is 1. The number of rotatable bonds is 5. The zero-order chi connectivity index (χ0) is 14.7. The van der Waals surface area contributed by atoms with E-state index in [-0.39, 0.29) is 6.04 Å². The van der Waals surface area contributed by atoms with Crippen molar-refractivity contribution in [3.8, 4) is 5.75 Å². The third-order valence-electron chi connectivity index (χ3n) is 3.26. The first-order chi connectivity index (χ1) is 9.54. The van der Waals surface area contributed by atoms with E-state index in [9.17, 15) is 0 Å². The fraction of sp³-hybridized carbons (Fsp3) is 0.400. The third kappa shape index (κ3) is 2.71. The highest BCUT2D eigenvalue weighted by molar-refractivity contribution is 5.65. The molecular formula is C15H22N4O. The van der Waals surface area contributed by atoms with Crippen molar-refractivity contribution in [3.05, 3.63) is 35.5 Å². The fourth-order valence-electron chi connectivity index (χ4n) is 2.14. The van der Waals surface area contributed by atoms with Crippen LogP contribution in [0.2, 0.25) is 0 Å². The lowest BCUT2D eigenvalue weighted by Gasteiger charge is -2.14. The molecule has 108 valence electrons. The van der Waals surface area contributed by atoms with Gasteiger partial charge in [-0.2, -0.15) is 5.10 Å². The van der Waals surface area contributed by atoms with Gasteiger partial charge in [0.2, 0.25) is 0 Å².